The van der Waals surface area contributed by atoms with Crippen molar-refractivity contribution in [3.63, 3.8) is 0 Å². The van der Waals surface area contributed by atoms with Gasteiger partial charge < -0.3 is 0 Å². The van der Waals surface area contributed by atoms with E-state index in [-0.39, 0.29) is 12.7 Å². The predicted octanol–water partition coefficient (Wildman–Crippen LogP) is -0.501. The fourth-order valence-electron chi connectivity index (χ4n) is 1.70. The van der Waals surface area contributed by atoms with Gasteiger partial charge in [0.15, 0.2) is 0 Å². The molecule has 0 spiro atoms. The van der Waals surface area contributed by atoms with Crippen LogP contribution in [0.1, 0.15) is 0 Å². The summed E-state index contributed by atoms with van der Waals surface area (Å²) in [6.07, 6.45) is 8.64. The molecule has 7 nitrogen and oxygen atoms in total. The fraction of sp³-hybridized carbons (Fsp3) is 0. The van der Waals surface area contributed by atoms with E-state index in [2.05, 4.69) is 15.3 Å². The quantitative estimate of drug-likeness (QED) is 0.614. The summed E-state index contributed by atoms with van der Waals surface area (Å²) < 4.78 is 5.04. The third-order valence-electron chi connectivity index (χ3n) is 2.40. The van der Waals surface area contributed by atoms with Crippen molar-refractivity contribution in [3.8, 4) is 0 Å². The van der Waals surface area contributed by atoms with E-state index in [0.717, 1.165) is 0 Å². The van der Waals surface area contributed by atoms with Crippen molar-refractivity contribution in [1.82, 2.24) is 29.1 Å². The first-order valence-electron chi connectivity index (χ1n) is 5.10. The minimum Gasteiger partial charge on any atom is -0.289 e. The molecule has 0 bridgehead atoms. The van der Waals surface area contributed by atoms with Gasteiger partial charge in [0.2, 0.25) is 0 Å². The smallest absolute Gasteiger partial charge is 0.289 e. The Bertz CT molecular complexity index is 603. The van der Waals surface area contributed by atoms with Crippen LogP contribution >= 0.6 is 0 Å². The Morgan fingerprint density at radius 2 is 1.71 bits per heavy atom. The van der Waals surface area contributed by atoms with Crippen LogP contribution in [0.15, 0.2) is 54.0 Å². The van der Waals surface area contributed by atoms with E-state index < -0.39 is 0 Å². The maximum Gasteiger partial charge on any atom is 0.567 e. The van der Waals surface area contributed by atoms with Crippen LogP contribution in [0.25, 0.3) is 0 Å². The molecule has 3 aromatic heterocycles. The molecule has 0 aromatic carbocycles. The molecule has 0 atom stereocenters. The number of nitrogens with one attached hydrogen (secondary N) is 1. The lowest BCUT2D eigenvalue weighted by atomic mass is 9.96. The van der Waals surface area contributed by atoms with Gasteiger partial charge in [-0.2, -0.15) is 10.2 Å². The number of nitrogens with zero attached hydrogens (tertiary/aromatic N) is 5. The van der Waals surface area contributed by atoms with E-state index in [1.54, 1.807) is 32.4 Å². The van der Waals surface area contributed by atoms with Crippen LogP contribution in [0.3, 0.4) is 0 Å². The van der Waals surface area contributed by atoms with Crippen molar-refractivity contribution in [1.29, 1.82) is 0 Å². The molecule has 0 aliphatic heterocycles. The molecule has 0 aliphatic rings. The summed E-state index contributed by atoms with van der Waals surface area (Å²) in [4.78, 5) is 11.2. The highest BCUT2D eigenvalue weighted by Gasteiger charge is 2.25. The van der Waals surface area contributed by atoms with Gasteiger partial charge in [0.25, 0.3) is 5.56 Å². The molecule has 0 unspecified atom stereocenters. The largest absolute Gasteiger partial charge is 0.567 e. The summed E-state index contributed by atoms with van der Waals surface area (Å²) in [5, 5.41) is 11.0. The first-order valence-corrected chi connectivity index (χ1v) is 5.10. The molecule has 8 heteroatoms. The Morgan fingerprint density at radius 1 is 1.06 bits per heavy atom. The molecule has 0 aliphatic carbocycles. The number of H-pyrrole nitrogens is 1. The molecule has 3 heterocycles. The zero-order valence-electron chi connectivity index (χ0n) is 8.84. The maximum atomic E-state index is 11.2. The third kappa shape index (κ3) is 1.69. The Balaban J connectivity index is 2.12. The SMILES string of the molecule is O=c1ccn(B(n2cccn2)n2cccn2)[nH]1. The Labute approximate surface area is 96.4 Å². The molecule has 0 fully saturated rings. The number of rotatable bonds is 3. The average molecular weight is 228 g/mol. The van der Waals surface area contributed by atoms with Crippen LogP contribution in [0.5, 0.6) is 0 Å². The van der Waals surface area contributed by atoms with Gasteiger partial charge in [-0.05, 0) is 12.1 Å². The van der Waals surface area contributed by atoms with Crippen LogP contribution in [-0.4, -0.2) is 36.2 Å². The van der Waals surface area contributed by atoms with Crippen molar-refractivity contribution in [2.45, 2.75) is 0 Å². The van der Waals surface area contributed by atoms with Crippen molar-refractivity contribution < 1.29 is 0 Å². The van der Waals surface area contributed by atoms with Crippen molar-refractivity contribution >= 4 is 7.12 Å². The number of hydrogen-bond donors (Lipinski definition) is 1. The summed E-state index contributed by atoms with van der Waals surface area (Å²) >= 11 is 0. The van der Waals surface area contributed by atoms with Crippen LogP contribution in [0, 0.1) is 0 Å². The monoisotopic (exact) mass is 228 g/mol. The zero-order valence-corrected chi connectivity index (χ0v) is 8.84. The molecule has 84 valence electrons. The van der Waals surface area contributed by atoms with Crippen molar-refractivity contribution in [2.75, 3.05) is 0 Å². The van der Waals surface area contributed by atoms with E-state index in [1.807, 2.05) is 24.5 Å². The summed E-state index contributed by atoms with van der Waals surface area (Å²) in [6.45, 7) is 0. The fourth-order valence-corrected chi connectivity index (χ4v) is 1.70. The maximum absolute atomic E-state index is 11.2. The normalized spacial score (nSPS) is 10.6. The topological polar surface area (TPSA) is 73.4 Å². The number of aromatic nitrogens is 6. The van der Waals surface area contributed by atoms with Crippen molar-refractivity contribution in [3.05, 3.63) is 59.5 Å². The van der Waals surface area contributed by atoms with Gasteiger partial charge in [0, 0.05) is 37.1 Å². The average Bonchev–Trinajstić information content (AvgIpc) is 3.02. The Kier molecular flexibility index (Phi) is 2.18. The Morgan fingerprint density at radius 3 is 2.12 bits per heavy atom. The van der Waals surface area contributed by atoms with Gasteiger partial charge in [0.1, 0.15) is 0 Å². The Hall–Kier alpha value is -2.51. The number of aromatic amines is 1. The third-order valence-corrected chi connectivity index (χ3v) is 2.40. The summed E-state index contributed by atoms with van der Waals surface area (Å²) in [5.41, 5.74) is -0.158. The van der Waals surface area contributed by atoms with E-state index >= 15 is 0 Å². The first kappa shape index (κ1) is 9.70. The molecule has 0 amide bonds. The molecule has 3 aromatic rings. The molecular weight excluding hydrogens is 219 g/mol. The second kappa shape index (κ2) is 3.82. The van der Waals surface area contributed by atoms with E-state index in [0.29, 0.717) is 0 Å². The summed E-state index contributed by atoms with van der Waals surface area (Å²) in [7, 11) is -0.345. The minimum atomic E-state index is -0.345. The lowest BCUT2D eigenvalue weighted by Crippen LogP contribution is -2.43. The minimum absolute atomic E-state index is 0.158. The number of hydrogen-bond acceptors (Lipinski definition) is 3. The zero-order chi connectivity index (χ0) is 11.7. The van der Waals surface area contributed by atoms with Gasteiger partial charge in [-0.15, -0.1) is 0 Å². The molecule has 3 rings (SSSR count). The first-order chi connectivity index (χ1) is 8.34. The second-order valence-electron chi connectivity index (χ2n) is 3.52. The molecule has 1 N–H and O–H groups in total. The van der Waals surface area contributed by atoms with Gasteiger partial charge in [-0.1, -0.05) is 0 Å². The van der Waals surface area contributed by atoms with Crippen LogP contribution < -0.4 is 5.56 Å². The van der Waals surface area contributed by atoms with Crippen LogP contribution in [-0.2, 0) is 0 Å². The lowest BCUT2D eigenvalue weighted by Gasteiger charge is -2.13. The van der Waals surface area contributed by atoms with Gasteiger partial charge in [-0.3, -0.25) is 23.7 Å². The summed E-state index contributed by atoms with van der Waals surface area (Å²) in [6, 6.07) is 5.09. The highest BCUT2D eigenvalue weighted by atomic mass is 16.1. The van der Waals surface area contributed by atoms with Gasteiger partial charge in [0.05, 0.1) is 0 Å². The van der Waals surface area contributed by atoms with Crippen LogP contribution in [0.2, 0.25) is 0 Å². The molecule has 0 saturated carbocycles. The standard InChI is InChI=1S/C9H9BN6O/c17-9-3-8-16(13-9)10(14-6-1-4-11-14)15-7-2-5-12-15/h1-8H,(H,13,17). The highest BCUT2D eigenvalue weighted by Crippen LogP contribution is 1.96. The van der Waals surface area contributed by atoms with Gasteiger partial charge in [-0.25, -0.2) is 0 Å². The van der Waals surface area contributed by atoms with E-state index in [1.165, 1.54) is 6.07 Å². The molecule has 17 heavy (non-hydrogen) atoms. The summed E-state index contributed by atoms with van der Waals surface area (Å²) in [5.74, 6) is 0. The highest BCUT2D eigenvalue weighted by molar-refractivity contribution is 6.52. The molecule has 0 saturated heterocycles. The van der Waals surface area contributed by atoms with E-state index in [4.69, 9.17) is 0 Å². The van der Waals surface area contributed by atoms with Crippen molar-refractivity contribution in [2.24, 2.45) is 0 Å². The molecule has 0 radical (unpaired) electrons. The predicted molar refractivity (Wildman–Crippen MR) is 61.5 cm³/mol. The van der Waals surface area contributed by atoms with Crippen LogP contribution in [0.4, 0.5) is 0 Å². The second-order valence-corrected chi connectivity index (χ2v) is 3.52. The van der Waals surface area contributed by atoms with Gasteiger partial charge >= 0.3 is 7.12 Å². The molecular formula is C9H9BN6O. The van der Waals surface area contributed by atoms with E-state index in [9.17, 15) is 4.79 Å². The lowest BCUT2D eigenvalue weighted by molar-refractivity contribution is 0.767.